The molecule has 3 aromatic rings. The number of nitrogens with zero attached hydrogens (tertiary/aromatic N) is 2. The van der Waals surface area contributed by atoms with Crippen molar-refractivity contribution in [3.8, 4) is 0 Å². The highest BCUT2D eigenvalue weighted by atomic mass is 32.1. The van der Waals surface area contributed by atoms with Crippen LogP contribution in [0.3, 0.4) is 0 Å². The van der Waals surface area contributed by atoms with E-state index in [1.54, 1.807) is 0 Å². The zero-order valence-electron chi connectivity index (χ0n) is 22.9. The molecule has 0 aromatic heterocycles. The number of thiocarbonyl (C=S) groups is 1. The lowest BCUT2D eigenvalue weighted by Crippen LogP contribution is -2.21. The molecule has 1 unspecified atom stereocenters. The van der Waals surface area contributed by atoms with Gasteiger partial charge in [-0.3, -0.25) is 4.67 Å². The van der Waals surface area contributed by atoms with Crippen molar-refractivity contribution in [2.45, 2.75) is 67.7 Å². The Morgan fingerprint density at radius 2 is 1.31 bits per heavy atom. The van der Waals surface area contributed by atoms with E-state index in [0.717, 1.165) is 25.4 Å². The molecule has 3 aromatic carbocycles. The van der Waals surface area contributed by atoms with E-state index in [1.807, 2.05) is 0 Å². The van der Waals surface area contributed by atoms with Crippen LogP contribution in [0.1, 0.15) is 65.1 Å². The van der Waals surface area contributed by atoms with E-state index in [-0.39, 0.29) is 0 Å². The average molecular weight is 515 g/mol. The van der Waals surface area contributed by atoms with Crippen LogP contribution in [0.4, 0.5) is 11.4 Å². The second-order valence-electron chi connectivity index (χ2n) is 10.1. The Bertz CT molecular complexity index is 1250. The first-order chi connectivity index (χ1) is 17.2. The van der Waals surface area contributed by atoms with Gasteiger partial charge < -0.3 is 4.67 Å². The maximum Gasteiger partial charge on any atom is 0.104 e. The number of benzene rings is 3. The van der Waals surface area contributed by atoms with Crippen molar-refractivity contribution in [1.82, 2.24) is 0 Å². The lowest BCUT2D eigenvalue weighted by atomic mass is 10.0. The fraction of sp³-hybridized carbons (Fsp3) is 0.344. The number of hydrogen-bond donors (Lipinski definition) is 0. The van der Waals surface area contributed by atoms with E-state index < -0.39 is 8.22 Å². The lowest BCUT2D eigenvalue weighted by molar-refractivity contribution is 0.985. The minimum absolute atomic E-state index is 0.693. The molecule has 0 N–H and O–H groups in total. The molecule has 1 heterocycles. The van der Waals surface area contributed by atoms with Crippen LogP contribution in [0.5, 0.6) is 0 Å². The summed E-state index contributed by atoms with van der Waals surface area (Å²) in [5.41, 5.74) is 13.2. The van der Waals surface area contributed by atoms with Gasteiger partial charge in [-0.15, -0.1) is 0 Å². The van der Waals surface area contributed by atoms with Crippen LogP contribution >= 0.6 is 20.4 Å². The minimum Gasteiger partial charge on any atom is -0.306 e. The molecular weight excluding hydrogens is 475 g/mol. The third kappa shape index (κ3) is 5.43. The van der Waals surface area contributed by atoms with Crippen molar-refractivity contribution >= 4 is 42.4 Å². The van der Waals surface area contributed by atoms with Gasteiger partial charge in [-0.05, 0) is 93.5 Å². The van der Waals surface area contributed by atoms with Gasteiger partial charge >= 0.3 is 0 Å². The average Bonchev–Trinajstić information content (AvgIpc) is 3.16. The SMILES string of the molecule is CCC(=S)CCCP1N(c2c(C)cc(C)cc2C)C=C(c2ccccc2)N1c1c(C)cc(C)cc1C. The molecule has 0 saturated carbocycles. The first-order valence-electron chi connectivity index (χ1n) is 13.0. The summed E-state index contributed by atoms with van der Waals surface area (Å²) in [6.45, 7) is 15.6. The number of aryl methyl sites for hydroxylation is 6. The molecule has 0 radical (unpaired) electrons. The van der Waals surface area contributed by atoms with Crippen LogP contribution in [0.2, 0.25) is 0 Å². The first kappa shape index (κ1) is 26.6. The molecule has 0 fully saturated rings. The van der Waals surface area contributed by atoms with Gasteiger partial charge in [0.1, 0.15) is 8.22 Å². The van der Waals surface area contributed by atoms with Crippen LogP contribution in [-0.4, -0.2) is 11.0 Å². The van der Waals surface area contributed by atoms with E-state index in [9.17, 15) is 0 Å². The van der Waals surface area contributed by atoms with Gasteiger partial charge in [0.2, 0.25) is 0 Å². The van der Waals surface area contributed by atoms with E-state index in [0.29, 0.717) is 0 Å². The van der Waals surface area contributed by atoms with E-state index in [1.165, 1.54) is 60.9 Å². The topological polar surface area (TPSA) is 6.48 Å². The molecule has 1 atom stereocenters. The highest BCUT2D eigenvalue weighted by molar-refractivity contribution is 7.80. The Labute approximate surface area is 224 Å². The fourth-order valence-corrected chi connectivity index (χ4v) is 8.47. The maximum absolute atomic E-state index is 5.62. The lowest BCUT2D eigenvalue weighted by Gasteiger charge is -2.37. The smallest absolute Gasteiger partial charge is 0.104 e. The molecule has 0 bridgehead atoms. The van der Waals surface area contributed by atoms with E-state index >= 15 is 0 Å². The Kier molecular flexibility index (Phi) is 8.33. The van der Waals surface area contributed by atoms with Crippen LogP contribution in [-0.2, 0) is 0 Å². The van der Waals surface area contributed by atoms with E-state index in [4.69, 9.17) is 12.2 Å². The third-order valence-electron chi connectivity index (χ3n) is 6.94. The van der Waals surface area contributed by atoms with Gasteiger partial charge in [0, 0.05) is 12.4 Å². The molecule has 4 rings (SSSR count). The standard InChI is InChI=1S/C32H39N2PS/c1-8-29(36)15-12-16-35-33(31-24(4)17-22(2)18-25(31)5)21-30(28-13-10-9-11-14-28)34(35)32-26(6)19-23(3)20-27(32)7/h9-11,13-14,17-21H,8,12,15-16H2,1-7H3. The Hall–Kier alpha value is -2.48. The normalized spacial score (nSPS) is 15.4. The molecule has 2 nitrogen and oxygen atoms in total. The Morgan fingerprint density at radius 1 is 0.778 bits per heavy atom. The monoisotopic (exact) mass is 514 g/mol. The summed E-state index contributed by atoms with van der Waals surface area (Å²) in [5, 5.41) is 0. The van der Waals surface area contributed by atoms with Gasteiger partial charge in [-0.1, -0.05) is 84.9 Å². The van der Waals surface area contributed by atoms with Crippen LogP contribution in [0.25, 0.3) is 5.70 Å². The zero-order chi connectivity index (χ0) is 26.0. The molecule has 36 heavy (non-hydrogen) atoms. The van der Waals surface area contributed by atoms with Crippen LogP contribution in [0, 0.1) is 41.5 Å². The van der Waals surface area contributed by atoms with Gasteiger partial charge in [0.05, 0.1) is 17.1 Å². The predicted octanol–water partition coefficient (Wildman–Crippen LogP) is 9.73. The van der Waals surface area contributed by atoms with Crippen molar-refractivity contribution in [3.63, 3.8) is 0 Å². The fourth-order valence-electron chi connectivity index (χ4n) is 5.52. The first-order valence-corrected chi connectivity index (χ1v) is 14.9. The molecule has 0 aliphatic carbocycles. The molecule has 0 spiro atoms. The van der Waals surface area contributed by atoms with Crippen LogP contribution in [0.15, 0.2) is 60.8 Å². The molecule has 0 saturated heterocycles. The van der Waals surface area contributed by atoms with E-state index in [2.05, 4.69) is 119 Å². The zero-order valence-corrected chi connectivity index (χ0v) is 24.6. The molecule has 188 valence electrons. The summed E-state index contributed by atoms with van der Waals surface area (Å²) in [4.78, 5) is 1.18. The third-order valence-corrected chi connectivity index (χ3v) is 9.84. The van der Waals surface area contributed by atoms with Crippen molar-refractivity contribution in [1.29, 1.82) is 0 Å². The predicted molar refractivity (Wildman–Crippen MR) is 165 cm³/mol. The Morgan fingerprint density at radius 3 is 1.83 bits per heavy atom. The number of rotatable bonds is 8. The minimum atomic E-state index is -0.693. The molecule has 1 aliphatic rings. The second kappa shape index (κ2) is 11.3. The summed E-state index contributed by atoms with van der Waals surface area (Å²) in [6, 6.07) is 20.2. The number of anilines is 2. The Balaban J connectivity index is 1.91. The summed E-state index contributed by atoms with van der Waals surface area (Å²) in [7, 11) is -0.693. The van der Waals surface area contributed by atoms with Gasteiger partial charge in [0.15, 0.2) is 0 Å². The maximum atomic E-state index is 5.62. The van der Waals surface area contributed by atoms with Gasteiger partial charge in [0.25, 0.3) is 0 Å². The van der Waals surface area contributed by atoms with Crippen molar-refractivity contribution in [2.75, 3.05) is 15.5 Å². The van der Waals surface area contributed by atoms with Crippen molar-refractivity contribution in [2.24, 2.45) is 0 Å². The molecule has 4 heteroatoms. The molecule has 0 amide bonds. The largest absolute Gasteiger partial charge is 0.306 e. The summed E-state index contributed by atoms with van der Waals surface area (Å²) in [5.74, 6) is 0. The summed E-state index contributed by atoms with van der Waals surface area (Å²) >= 11 is 5.62. The van der Waals surface area contributed by atoms with Crippen molar-refractivity contribution in [3.05, 3.63) is 99.7 Å². The highest BCUT2D eigenvalue weighted by Crippen LogP contribution is 2.61. The second-order valence-corrected chi connectivity index (χ2v) is 12.7. The molecular formula is C32H39N2PS. The number of hydrogen-bond acceptors (Lipinski definition) is 3. The quantitative estimate of drug-likeness (QED) is 0.218. The van der Waals surface area contributed by atoms with Gasteiger partial charge in [-0.2, -0.15) is 0 Å². The summed E-state index contributed by atoms with van der Waals surface area (Å²) < 4.78 is 5.28. The highest BCUT2D eigenvalue weighted by Gasteiger charge is 2.37. The molecule has 1 aliphatic heterocycles. The van der Waals surface area contributed by atoms with Gasteiger partial charge in [-0.25, -0.2) is 0 Å². The van der Waals surface area contributed by atoms with Crippen molar-refractivity contribution < 1.29 is 0 Å². The van der Waals surface area contributed by atoms with Crippen LogP contribution < -0.4 is 9.34 Å². The summed E-state index contributed by atoms with van der Waals surface area (Å²) in [6.07, 6.45) is 6.63.